The molecule has 3 nitrogen and oxygen atoms in total. The van der Waals surface area contributed by atoms with Gasteiger partial charge in [0.25, 0.3) is 0 Å². The summed E-state index contributed by atoms with van der Waals surface area (Å²) in [5, 5.41) is 10.9. The zero-order chi connectivity index (χ0) is 6.97. The number of halogens is 1. The van der Waals surface area contributed by atoms with Crippen molar-refractivity contribution < 1.29 is 0 Å². The van der Waals surface area contributed by atoms with E-state index in [4.69, 9.17) is 11.6 Å². The Morgan fingerprint density at radius 1 is 1.20 bits per heavy atom. The molecule has 0 fully saturated rings. The van der Waals surface area contributed by atoms with Gasteiger partial charge in [-0.15, -0.1) is 0 Å². The van der Waals surface area contributed by atoms with Crippen molar-refractivity contribution in [3.63, 3.8) is 0 Å². The third kappa shape index (κ3) is 0.752. The zero-order valence-corrected chi connectivity index (χ0v) is 5.76. The van der Waals surface area contributed by atoms with Crippen LogP contribution in [0.15, 0.2) is 18.2 Å². The monoisotopic (exact) mass is 153 g/mol. The average molecular weight is 154 g/mol. The first kappa shape index (κ1) is 5.68. The van der Waals surface area contributed by atoms with Gasteiger partial charge in [0, 0.05) is 5.02 Å². The van der Waals surface area contributed by atoms with Crippen LogP contribution in [0.4, 0.5) is 0 Å². The Morgan fingerprint density at radius 2 is 2.00 bits per heavy atom. The van der Waals surface area contributed by atoms with Gasteiger partial charge < -0.3 is 0 Å². The standard InChI is InChI=1S/C6H4ClN3/c7-4-1-2-5-6(3-4)9-10-8-5/h1-3H,(H,8,9,10). The van der Waals surface area contributed by atoms with E-state index in [0.29, 0.717) is 5.02 Å². The Labute approximate surface area is 62.0 Å². The van der Waals surface area contributed by atoms with Crippen molar-refractivity contribution >= 4 is 22.6 Å². The SMILES string of the molecule is Clc1ccc2n[nH]nc2c1. The Balaban J connectivity index is 2.86. The molecule has 0 unspecified atom stereocenters. The summed E-state index contributed by atoms with van der Waals surface area (Å²) >= 11 is 5.69. The third-order valence-corrected chi connectivity index (χ3v) is 1.51. The van der Waals surface area contributed by atoms with Crippen LogP contribution in [-0.4, -0.2) is 15.4 Å². The molecule has 0 aliphatic heterocycles. The molecule has 0 spiro atoms. The lowest BCUT2D eigenvalue weighted by atomic mass is 10.3. The van der Waals surface area contributed by atoms with E-state index in [0.717, 1.165) is 11.0 Å². The van der Waals surface area contributed by atoms with Crippen LogP contribution < -0.4 is 0 Å². The van der Waals surface area contributed by atoms with E-state index in [1.807, 2.05) is 6.07 Å². The lowest BCUT2D eigenvalue weighted by molar-refractivity contribution is 0.959. The van der Waals surface area contributed by atoms with Crippen LogP contribution in [0.5, 0.6) is 0 Å². The summed E-state index contributed by atoms with van der Waals surface area (Å²) < 4.78 is 0. The van der Waals surface area contributed by atoms with Gasteiger partial charge in [-0.3, -0.25) is 0 Å². The highest BCUT2D eigenvalue weighted by Crippen LogP contribution is 2.13. The van der Waals surface area contributed by atoms with Crippen molar-refractivity contribution in [2.75, 3.05) is 0 Å². The van der Waals surface area contributed by atoms with Gasteiger partial charge in [-0.1, -0.05) is 11.6 Å². The van der Waals surface area contributed by atoms with E-state index in [-0.39, 0.29) is 0 Å². The summed E-state index contributed by atoms with van der Waals surface area (Å²) in [6, 6.07) is 5.37. The lowest BCUT2D eigenvalue weighted by Crippen LogP contribution is -1.67. The molecule has 50 valence electrons. The van der Waals surface area contributed by atoms with Crippen molar-refractivity contribution in [2.45, 2.75) is 0 Å². The minimum Gasteiger partial charge on any atom is -0.197 e. The maximum absolute atomic E-state index is 5.69. The summed E-state index contributed by atoms with van der Waals surface area (Å²) in [5.41, 5.74) is 1.64. The van der Waals surface area contributed by atoms with E-state index in [1.54, 1.807) is 12.1 Å². The Morgan fingerprint density at radius 3 is 2.90 bits per heavy atom. The lowest BCUT2D eigenvalue weighted by Gasteiger charge is -1.84. The van der Waals surface area contributed by atoms with Crippen LogP contribution in [0.25, 0.3) is 11.0 Å². The molecule has 0 aliphatic carbocycles. The van der Waals surface area contributed by atoms with Crippen LogP contribution in [-0.2, 0) is 0 Å². The number of hydrogen-bond donors (Lipinski definition) is 1. The number of benzene rings is 1. The van der Waals surface area contributed by atoms with E-state index in [1.165, 1.54) is 0 Å². The van der Waals surface area contributed by atoms with Gasteiger partial charge in [0.2, 0.25) is 0 Å². The van der Waals surface area contributed by atoms with Crippen molar-refractivity contribution in [1.29, 1.82) is 0 Å². The summed E-state index contributed by atoms with van der Waals surface area (Å²) in [7, 11) is 0. The molecule has 2 rings (SSSR count). The number of fused-ring (bicyclic) bond motifs is 1. The van der Waals surface area contributed by atoms with Gasteiger partial charge in [-0.05, 0) is 18.2 Å². The second-order valence-corrected chi connectivity index (χ2v) is 2.39. The fourth-order valence-corrected chi connectivity index (χ4v) is 0.980. The van der Waals surface area contributed by atoms with Crippen LogP contribution in [0.1, 0.15) is 0 Å². The van der Waals surface area contributed by atoms with E-state index < -0.39 is 0 Å². The first-order chi connectivity index (χ1) is 4.86. The molecule has 1 N–H and O–H groups in total. The summed E-state index contributed by atoms with van der Waals surface area (Å²) in [4.78, 5) is 0. The van der Waals surface area contributed by atoms with Crippen LogP contribution in [0.3, 0.4) is 0 Å². The smallest absolute Gasteiger partial charge is 0.114 e. The van der Waals surface area contributed by atoms with E-state index in [2.05, 4.69) is 15.4 Å². The van der Waals surface area contributed by atoms with E-state index in [9.17, 15) is 0 Å². The largest absolute Gasteiger partial charge is 0.197 e. The highest BCUT2D eigenvalue weighted by molar-refractivity contribution is 6.31. The van der Waals surface area contributed by atoms with Crippen LogP contribution in [0.2, 0.25) is 5.02 Å². The summed E-state index contributed by atoms with van der Waals surface area (Å²) in [6.45, 7) is 0. The molecule has 1 heterocycles. The molecule has 2 aromatic rings. The number of aromatic amines is 1. The number of nitrogens with zero attached hydrogens (tertiary/aromatic N) is 2. The number of rotatable bonds is 0. The highest BCUT2D eigenvalue weighted by Gasteiger charge is 1.95. The quantitative estimate of drug-likeness (QED) is 0.625. The third-order valence-electron chi connectivity index (χ3n) is 1.28. The Kier molecular flexibility index (Phi) is 1.11. The molecule has 4 heteroatoms. The Bertz CT molecular complexity index is 355. The predicted molar refractivity (Wildman–Crippen MR) is 38.9 cm³/mol. The fourth-order valence-electron chi connectivity index (χ4n) is 0.813. The topological polar surface area (TPSA) is 41.6 Å². The minimum atomic E-state index is 0.682. The average Bonchev–Trinajstić information content (AvgIpc) is 2.33. The maximum Gasteiger partial charge on any atom is 0.114 e. The van der Waals surface area contributed by atoms with Gasteiger partial charge >= 0.3 is 0 Å². The zero-order valence-electron chi connectivity index (χ0n) is 5.00. The molecule has 0 aliphatic rings. The van der Waals surface area contributed by atoms with Crippen molar-refractivity contribution in [2.24, 2.45) is 0 Å². The molecule has 0 bridgehead atoms. The highest BCUT2D eigenvalue weighted by atomic mass is 35.5. The molecule has 10 heavy (non-hydrogen) atoms. The van der Waals surface area contributed by atoms with E-state index >= 15 is 0 Å². The Hall–Kier alpha value is -1.09. The van der Waals surface area contributed by atoms with Crippen molar-refractivity contribution in [3.05, 3.63) is 23.2 Å². The van der Waals surface area contributed by atoms with Gasteiger partial charge in [0.1, 0.15) is 11.0 Å². The fraction of sp³-hybridized carbons (Fsp3) is 0. The molecule has 0 saturated heterocycles. The molecule has 0 amide bonds. The first-order valence-electron chi connectivity index (χ1n) is 2.82. The van der Waals surface area contributed by atoms with Crippen LogP contribution >= 0.6 is 11.6 Å². The number of hydrogen-bond acceptors (Lipinski definition) is 2. The molecule has 0 atom stereocenters. The number of H-pyrrole nitrogens is 1. The molecule has 1 aromatic carbocycles. The first-order valence-corrected chi connectivity index (χ1v) is 3.20. The predicted octanol–water partition coefficient (Wildman–Crippen LogP) is 1.61. The molecule has 1 aromatic heterocycles. The van der Waals surface area contributed by atoms with Gasteiger partial charge in [0.05, 0.1) is 0 Å². The molecule has 0 radical (unpaired) electrons. The normalized spacial score (nSPS) is 10.5. The molecule has 0 saturated carbocycles. The summed E-state index contributed by atoms with van der Waals surface area (Å²) in [6.07, 6.45) is 0. The second kappa shape index (κ2) is 1.95. The number of nitrogens with one attached hydrogen (secondary N) is 1. The van der Waals surface area contributed by atoms with Crippen LogP contribution in [0, 0.1) is 0 Å². The van der Waals surface area contributed by atoms with Gasteiger partial charge in [-0.2, -0.15) is 15.4 Å². The molecular weight excluding hydrogens is 150 g/mol. The van der Waals surface area contributed by atoms with Gasteiger partial charge in [0.15, 0.2) is 0 Å². The maximum atomic E-state index is 5.69. The van der Waals surface area contributed by atoms with Crippen molar-refractivity contribution in [1.82, 2.24) is 15.4 Å². The number of aromatic nitrogens is 3. The molecular formula is C6H4ClN3. The van der Waals surface area contributed by atoms with Gasteiger partial charge in [-0.25, -0.2) is 0 Å². The van der Waals surface area contributed by atoms with Crippen molar-refractivity contribution in [3.8, 4) is 0 Å². The summed E-state index contributed by atoms with van der Waals surface area (Å²) in [5.74, 6) is 0. The minimum absolute atomic E-state index is 0.682. The second-order valence-electron chi connectivity index (χ2n) is 1.96.